The number of nitrogens with zero attached hydrogens (tertiary/aromatic N) is 2. The number of ketones is 1. The van der Waals surface area contributed by atoms with E-state index in [2.05, 4.69) is 17.9 Å². The van der Waals surface area contributed by atoms with Gasteiger partial charge in [-0.05, 0) is 25.0 Å². The Kier molecular flexibility index (Phi) is 3.64. The number of carbonyl (C=O) groups is 2. The predicted octanol–water partition coefficient (Wildman–Crippen LogP) is 1.89. The minimum Gasteiger partial charge on any atom is -0.493 e. The third-order valence-electron chi connectivity index (χ3n) is 7.22. The third-order valence-corrected chi connectivity index (χ3v) is 7.22. The van der Waals surface area contributed by atoms with E-state index in [1.807, 2.05) is 4.90 Å². The molecule has 4 atom stereocenters. The Bertz CT molecular complexity index is 884. The van der Waals surface area contributed by atoms with E-state index in [1.165, 1.54) is 0 Å². The Morgan fingerprint density at radius 1 is 1.25 bits per heavy atom. The summed E-state index contributed by atoms with van der Waals surface area (Å²) in [5, 5.41) is 0. The monoisotopic (exact) mass is 386 g/mol. The second-order valence-electron chi connectivity index (χ2n) is 8.39. The van der Waals surface area contributed by atoms with Gasteiger partial charge in [0.05, 0.1) is 32.0 Å². The van der Waals surface area contributed by atoms with Crippen LogP contribution in [0.3, 0.4) is 0 Å². The van der Waals surface area contributed by atoms with Crippen molar-refractivity contribution in [3.8, 4) is 17.2 Å². The van der Waals surface area contributed by atoms with Crippen LogP contribution in [-0.2, 0) is 15.0 Å². The average Bonchev–Trinajstić information content (AvgIpc) is 3.18. The van der Waals surface area contributed by atoms with Crippen molar-refractivity contribution in [1.82, 2.24) is 4.90 Å². The molecule has 0 unspecified atom stereocenters. The Morgan fingerprint density at radius 2 is 2.00 bits per heavy atom. The van der Waals surface area contributed by atoms with E-state index in [9.17, 15) is 9.59 Å². The van der Waals surface area contributed by atoms with Crippen LogP contribution in [0.2, 0.25) is 0 Å². The topological polar surface area (TPSA) is 68.3 Å². The summed E-state index contributed by atoms with van der Waals surface area (Å²) < 4.78 is 17.4. The number of ether oxygens (including phenoxy) is 3. The Balaban J connectivity index is 1.80. The summed E-state index contributed by atoms with van der Waals surface area (Å²) in [6, 6.07) is 2.12. The van der Waals surface area contributed by atoms with Crippen molar-refractivity contribution in [1.29, 1.82) is 0 Å². The first kappa shape index (κ1) is 17.6. The maximum Gasteiger partial charge on any atom is 0.219 e. The standard InChI is InChI=1S/C21H26N2O5/c1-11-10-28-20-18-14(9-15(26-3)19(20)27-4)21-5-6-22(12(2)24)16(21)7-13(25)8-17(21)23(11)18/h9,11,16-17H,5-8,10H2,1-4H3/t11-,16+,17+,21-/m0/s1. The summed E-state index contributed by atoms with van der Waals surface area (Å²) in [6.45, 7) is 4.94. The molecule has 4 aliphatic rings. The van der Waals surface area contributed by atoms with Gasteiger partial charge < -0.3 is 24.0 Å². The predicted molar refractivity (Wildman–Crippen MR) is 102 cm³/mol. The molecule has 3 heterocycles. The average molecular weight is 386 g/mol. The molecule has 1 spiro atoms. The normalized spacial score (nSPS) is 32.4. The van der Waals surface area contributed by atoms with Gasteiger partial charge in [-0.25, -0.2) is 0 Å². The fraction of sp³-hybridized carbons (Fsp3) is 0.619. The molecular weight excluding hydrogens is 360 g/mol. The second kappa shape index (κ2) is 5.78. The van der Waals surface area contributed by atoms with Gasteiger partial charge in [-0.15, -0.1) is 0 Å². The van der Waals surface area contributed by atoms with Crippen LogP contribution in [0.15, 0.2) is 6.07 Å². The highest BCUT2D eigenvalue weighted by Gasteiger charge is 2.65. The largest absolute Gasteiger partial charge is 0.493 e. The highest BCUT2D eigenvalue weighted by molar-refractivity contribution is 5.89. The fourth-order valence-corrected chi connectivity index (χ4v) is 6.17. The van der Waals surface area contributed by atoms with E-state index in [0.29, 0.717) is 43.2 Å². The van der Waals surface area contributed by atoms with Crippen molar-refractivity contribution in [2.45, 2.75) is 56.7 Å². The number of anilines is 1. The summed E-state index contributed by atoms with van der Waals surface area (Å²) in [5.74, 6) is 2.20. The molecule has 0 N–H and O–H groups in total. The number of benzene rings is 1. The Morgan fingerprint density at radius 3 is 2.68 bits per heavy atom. The molecule has 1 amide bonds. The van der Waals surface area contributed by atoms with Crippen molar-refractivity contribution in [3.05, 3.63) is 11.6 Å². The first-order valence-electron chi connectivity index (χ1n) is 9.93. The van der Waals surface area contributed by atoms with Crippen LogP contribution >= 0.6 is 0 Å². The highest BCUT2D eigenvalue weighted by atomic mass is 16.5. The molecular formula is C21H26N2O5. The maximum atomic E-state index is 12.7. The second-order valence-corrected chi connectivity index (χ2v) is 8.39. The van der Waals surface area contributed by atoms with Crippen LogP contribution in [0.1, 0.15) is 38.7 Å². The van der Waals surface area contributed by atoms with Crippen molar-refractivity contribution in [3.63, 3.8) is 0 Å². The number of fused-ring (bicyclic) bond motifs is 1. The minimum atomic E-state index is -0.273. The molecule has 1 aromatic carbocycles. The number of hydrogen-bond donors (Lipinski definition) is 0. The number of likely N-dealkylation sites (tertiary alicyclic amines) is 1. The summed E-state index contributed by atoms with van der Waals surface area (Å²) in [6.07, 6.45) is 1.77. The van der Waals surface area contributed by atoms with Crippen molar-refractivity contribution < 1.29 is 23.8 Å². The van der Waals surface area contributed by atoms with Crippen LogP contribution in [0.5, 0.6) is 17.2 Å². The van der Waals surface area contributed by atoms with E-state index >= 15 is 0 Å². The highest BCUT2D eigenvalue weighted by Crippen LogP contribution is 2.64. The van der Waals surface area contributed by atoms with E-state index in [1.54, 1.807) is 21.1 Å². The molecule has 7 nitrogen and oxygen atoms in total. The number of hydrogen-bond acceptors (Lipinski definition) is 6. The van der Waals surface area contributed by atoms with Crippen LogP contribution in [0, 0.1) is 0 Å². The van der Waals surface area contributed by atoms with Gasteiger partial charge >= 0.3 is 0 Å². The third kappa shape index (κ3) is 1.94. The zero-order valence-corrected chi connectivity index (χ0v) is 16.8. The quantitative estimate of drug-likeness (QED) is 0.773. The number of methoxy groups -OCH3 is 2. The number of carbonyl (C=O) groups excluding carboxylic acids is 2. The number of rotatable bonds is 2. The molecule has 1 aliphatic carbocycles. The summed E-state index contributed by atoms with van der Waals surface area (Å²) in [7, 11) is 3.24. The summed E-state index contributed by atoms with van der Waals surface area (Å²) in [5.41, 5.74) is 1.88. The van der Waals surface area contributed by atoms with Gasteiger partial charge in [-0.3, -0.25) is 9.59 Å². The van der Waals surface area contributed by atoms with Crippen LogP contribution in [-0.4, -0.2) is 62.1 Å². The van der Waals surface area contributed by atoms with Crippen LogP contribution < -0.4 is 19.1 Å². The smallest absolute Gasteiger partial charge is 0.219 e. The molecule has 150 valence electrons. The maximum absolute atomic E-state index is 12.7. The molecule has 5 rings (SSSR count). The SMILES string of the molecule is COc1cc2c3c(c1OC)OC[C@H](C)N3[C@@H]1CC(=O)C[C@H]3N(C(C)=O)CC[C@]231. The van der Waals surface area contributed by atoms with Crippen LogP contribution in [0.25, 0.3) is 0 Å². The van der Waals surface area contributed by atoms with E-state index in [4.69, 9.17) is 14.2 Å². The van der Waals surface area contributed by atoms with E-state index < -0.39 is 0 Å². The Labute approximate surface area is 164 Å². The van der Waals surface area contributed by atoms with Crippen molar-refractivity contribution in [2.24, 2.45) is 0 Å². The molecule has 28 heavy (non-hydrogen) atoms. The van der Waals surface area contributed by atoms with Gasteiger partial charge in [-0.2, -0.15) is 0 Å². The first-order valence-corrected chi connectivity index (χ1v) is 9.93. The minimum absolute atomic E-state index is 0.0348. The molecule has 1 aromatic rings. The summed E-state index contributed by atoms with van der Waals surface area (Å²) >= 11 is 0. The van der Waals surface area contributed by atoms with Crippen LogP contribution in [0.4, 0.5) is 5.69 Å². The zero-order chi connectivity index (χ0) is 19.8. The lowest BCUT2D eigenvalue weighted by Crippen LogP contribution is -2.60. The zero-order valence-electron chi connectivity index (χ0n) is 16.8. The van der Waals surface area contributed by atoms with Crippen molar-refractivity contribution in [2.75, 3.05) is 32.3 Å². The number of Topliss-reactive ketones (excluding diaryl/α,β-unsaturated/α-hetero) is 1. The number of amides is 1. The molecule has 3 aliphatic heterocycles. The lowest BCUT2D eigenvalue weighted by Gasteiger charge is -2.47. The van der Waals surface area contributed by atoms with Gasteiger partial charge in [0.25, 0.3) is 0 Å². The molecule has 2 fully saturated rings. The van der Waals surface area contributed by atoms with Gasteiger partial charge in [0.1, 0.15) is 12.4 Å². The molecule has 0 aromatic heterocycles. The van der Waals surface area contributed by atoms with E-state index in [0.717, 1.165) is 17.7 Å². The first-order chi connectivity index (χ1) is 13.4. The molecule has 1 saturated heterocycles. The Hall–Kier alpha value is -2.44. The van der Waals surface area contributed by atoms with Gasteiger partial charge in [-0.1, -0.05) is 0 Å². The summed E-state index contributed by atoms with van der Waals surface area (Å²) in [4.78, 5) is 29.4. The van der Waals surface area contributed by atoms with E-state index in [-0.39, 0.29) is 35.2 Å². The lowest BCUT2D eigenvalue weighted by atomic mass is 9.64. The molecule has 1 saturated carbocycles. The van der Waals surface area contributed by atoms with Gasteiger partial charge in [0.2, 0.25) is 11.7 Å². The van der Waals surface area contributed by atoms with Crippen molar-refractivity contribution >= 4 is 17.4 Å². The van der Waals surface area contributed by atoms with Gasteiger partial charge in [0, 0.05) is 37.8 Å². The lowest BCUT2D eigenvalue weighted by molar-refractivity contribution is -0.132. The molecule has 7 heteroatoms. The van der Waals surface area contributed by atoms with Gasteiger partial charge in [0.15, 0.2) is 11.5 Å². The molecule has 0 radical (unpaired) electrons. The fourth-order valence-electron chi connectivity index (χ4n) is 6.17. The molecule has 0 bridgehead atoms.